The molecule has 0 radical (unpaired) electrons. The highest BCUT2D eigenvalue weighted by molar-refractivity contribution is 7.89. The monoisotopic (exact) mass is 379 g/mol. The Kier molecular flexibility index (Phi) is 4.74. The summed E-state index contributed by atoms with van der Waals surface area (Å²) in [6.45, 7) is 1.06. The van der Waals surface area contributed by atoms with Crippen LogP contribution in [0, 0.1) is 5.82 Å². The van der Waals surface area contributed by atoms with Crippen molar-refractivity contribution >= 4 is 21.0 Å². The van der Waals surface area contributed by atoms with E-state index >= 15 is 0 Å². The van der Waals surface area contributed by atoms with Crippen LogP contribution in [-0.4, -0.2) is 27.2 Å². The summed E-state index contributed by atoms with van der Waals surface area (Å²) in [5.74, 6) is -0.495. The summed E-state index contributed by atoms with van der Waals surface area (Å²) in [4.78, 5) is -0.347. The number of rotatable bonds is 6. The fourth-order valence-electron chi connectivity index (χ4n) is 2.51. The zero-order valence-electron chi connectivity index (χ0n) is 14.2. The Morgan fingerprint density at radius 2 is 1.96 bits per heavy atom. The van der Waals surface area contributed by atoms with Gasteiger partial charge in [-0.15, -0.1) is 0 Å². The van der Waals surface area contributed by atoms with E-state index in [1.807, 2.05) is 12.1 Å². The van der Waals surface area contributed by atoms with E-state index in [-0.39, 0.29) is 22.9 Å². The molecule has 26 heavy (non-hydrogen) atoms. The molecular weight excluding hydrogens is 361 g/mol. The Hall–Kier alpha value is -2.42. The number of sulfonamides is 1. The third kappa shape index (κ3) is 3.57. The number of aliphatic hydroxyl groups is 1. The lowest BCUT2D eigenvalue weighted by Crippen LogP contribution is -2.38. The topological polar surface area (TPSA) is 88.8 Å². The fraction of sp³-hybridized carbons (Fsp3) is 0.222. The molecule has 2 aromatic carbocycles. The molecule has 1 atom stereocenters. The molecule has 0 aliphatic carbocycles. The third-order valence-electron chi connectivity index (χ3n) is 3.98. The van der Waals surface area contributed by atoms with Gasteiger partial charge in [0.2, 0.25) is 10.0 Å². The van der Waals surface area contributed by atoms with Gasteiger partial charge in [0.1, 0.15) is 33.4 Å². The van der Waals surface area contributed by atoms with Crippen LogP contribution in [0.1, 0.15) is 12.7 Å². The Bertz CT molecular complexity index is 1010. The van der Waals surface area contributed by atoms with Gasteiger partial charge in [-0.25, -0.2) is 17.5 Å². The highest BCUT2D eigenvalue weighted by Gasteiger charge is 2.31. The predicted octanol–water partition coefficient (Wildman–Crippen LogP) is 2.77. The van der Waals surface area contributed by atoms with Crippen LogP contribution >= 0.6 is 0 Å². The molecule has 0 aliphatic rings. The average molecular weight is 379 g/mol. The van der Waals surface area contributed by atoms with E-state index in [2.05, 4.69) is 4.72 Å². The molecule has 0 bridgehead atoms. The van der Waals surface area contributed by atoms with Crippen LogP contribution in [0.4, 0.5) is 4.39 Å². The first-order valence-corrected chi connectivity index (χ1v) is 9.26. The van der Waals surface area contributed by atoms with Crippen molar-refractivity contribution in [2.75, 3.05) is 13.7 Å². The van der Waals surface area contributed by atoms with Crippen LogP contribution in [0.25, 0.3) is 11.0 Å². The largest absolute Gasteiger partial charge is 0.495 e. The second kappa shape index (κ2) is 6.71. The first-order valence-electron chi connectivity index (χ1n) is 7.77. The lowest BCUT2D eigenvalue weighted by molar-refractivity contribution is 0.0411. The number of benzene rings is 2. The highest BCUT2D eigenvalue weighted by Crippen LogP contribution is 2.29. The van der Waals surface area contributed by atoms with Gasteiger partial charge in [0.25, 0.3) is 0 Å². The number of methoxy groups -OCH3 is 1. The van der Waals surface area contributed by atoms with Crippen molar-refractivity contribution in [3.8, 4) is 5.75 Å². The molecule has 0 saturated heterocycles. The molecule has 0 aliphatic heterocycles. The SMILES string of the molecule is COc1ccc(F)cc1S(=O)(=O)NCC(C)(O)c1cc2ccccc2o1. The zero-order valence-corrected chi connectivity index (χ0v) is 15.0. The molecule has 138 valence electrons. The van der Waals surface area contributed by atoms with E-state index in [9.17, 15) is 17.9 Å². The van der Waals surface area contributed by atoms with Gasteiger partial charge in [-0.1, -0.05) is 18.2 Å². The standard InChI is InChI=1S/C18H18FNO5S/c1-18(21,17-9-12-5-3-4-6-14(12)25-17)11-20-26(22,23)16-10-13(19)7-8-15(16)24-2/h3-10,20-21H,11H2,1-2H3. The molecule has 3 rings (SSSR count). The quantitative estimate of drug-likeness (QED) is 0.688. The second-order valence-corrected chi connectivity index (χ2v) is 7.78. The Balaban J connectivity index is 1.85. The van der Waals surface area contributed by atoms with E-state index in [1.165, 1.54) is 20.1 Å². The van der Waals surface area contributed by atoms with Crippen molar-refractivity contribution < 1.29 is 27.1 Å². The minimum absolute atomic E-state index is 0.00211. The number of halogens is 1. The van der Waals surface area contributed by atoms with E-state index < -0.39 is 21.4 Å². The summed E-state index contributed by atoms with van der Waals surface area (Å²) in [5, 5.41) is 11.4. The lowest BCUT2D eigenvalue weighted by atomic mass is 10.0. The van der Waals surface area contributed by atoms with Crippen LogP contribution in [0.2, 0.25) is 0 Å². The van der Waals surface area contributed by atoms with Gasteiger partial charge in [-0.05, 0) is 37.3 Å². The second-order valence-electron chi connectivity index (χ2n) is 6.04. The molecule has 2 N–H and O–H groups in total. The van der Waals surface area contributed by atoms with Crippen LogP contribution in [0.15, 0.2) is 57.8 Å². The van der Waals surface area contributed by atoms with Gasteiger partial charge in [-0.2, -0.15) is 0 Å². The van der Waals surface area contributed by atoms with Crippen molar-refractivity contribution in [1.29, 1.82) is 0 Å². The molecule has 8 heteroatoms. The minimum atomic E-state index is -4.11. The van der Waals surface area contributed by atoms with Gasteiger partial charge in [0.15, 0.2) is 0 Å². The van der Waals surface area contributed by atoms with Crippen molar-refractivity contribution in [3.63, 3.8) is 0 Å². The molecule has 0 spiro atoms. The number of ether oxygens (including phenoxy) is 1. The number of hydrogen-bond acceptors (Lipinski definition) is 5. The fourth-order valence-corrected chi connectivity index (χ4v) is 3.82. The van der Waals surface area contributed by atoms with Gasteiger partial charge in [0.05, 0.1) is 7.11 Å². The molecule has 0 saturated carbocycles. The van der Waals surface area contributed by atoms with Crippen LogP contribution in [0.3, 0.4) is 0 Å². The zero-order chi connectivity index (χ0) is 18.9. The first-order chi connectivity index (χ1) is 12.2. The van der Waals surface area contributed by atoms with E-state index in [1.54, 1.807) is 18.2 Å². The molecule has 1 unspecified atom stereocenters. The first kappa shape index (κ1) is 18.4. The Morgan fingerprint density at radius 3 is 2.65 bits per heavy atom. The van der Waals surface area contributed by atoms with Crippen molar-refractivity contribution in [2.45, 2.75) is 17.4 Å². The summed E-state index contributed by atoms with van der Waals surface area (Å²) < 4.78 is 51.3. The summed E-state index contributed by atoms with van der Waals surface area (Å²) in [6.07, 6.45) is 0. The molecule has 1 heterocycles. The summed E-state index contributed by atoms with van der Waals surface area (Å²) in [5.41, 5.74) is -1.02. The number of para-hydroxylation sites is 1. The van der Waals surface area contributed by atoms with Crippen LogP contribution in [0.5, 0.6) is 5.75 Å². The summed E-state index contributed by atoms with van der Waals surface area (Å²) in [6, 6.07) is 12.0. The van der Waals surface area contributed by atoms with Gasteiger partial charge in [0, 0.05) is 11.9 Å². The maximum Gasteiger partial charge on any atom is 0.244 e. The summed E-state index contributed by atoms with van der Waals surface area (Å²) in [7, 11) is -2.82. The Labute approximate surface area is 150 Å². The molecular formula is C18H18FNO5S. The maximum atomic E-state index is 13.5. The number of nitrogens with one attached hydrogen (secondary N) is 1. The number of hydrogen-bond donors (Lipinski definition) is 2. The number of furan rings is 1. The van der Waals surface area contributed by atoms with Gasteiger partial charge >= 0.3 is 0 Å². The number of fused-ring (bicyclic) bond motifs is 1. The Morgan fingerprint density at radius 1 is 1.23 bits per heavy atom. The van der Waals surface area contributed by atoms with Crippen molar-refractivity contribution in [3.05, 3.63) is 60.1 Å². The average Bonchev–Trinajstić information content (AvgIpc) is 3.05. The molecule has 6 nitrogen and oxygen atoms in total. The predicted molar refractivity (Wildman–Crippen MR) is 93.9 cm³/mol. The minimum Gasteiger partial charge on any atom is -0.495 e. The smallest absolute Gasteiger partial charge is 0.244 e. The van der Waals surface area contributed by atoms with Crippen molar-refractivity contribution in [1.82, 2.24) is 4.72 Å². The van der Waals surface area contributed by atoms with E-state index in [0.29, 0.717) is 5.58 Å². The lowest BCUT2D eigenvalue weighted by Gasteiger charge is -2.21. The normalized spacial score (nSPS) is 14.3. The maximum absolute atomic E-state index is 13.5. The summed E-state index contributed by atoms with van der Waals surface area (Å²) >= 11 is 0. The third-order valence-corrected chi connectivity index (χ3v) is 5.40. The molecule has 0 fully saturated rings. The van der Waals surface area contributed by atoms with Crippen LogP contribution < -0.4 is 9.46 Å². The van der Waals surface area contributed by atoms with Crippen molar-refractivity contribution in [2.24, 2.45) is 0 Å². The van der Waals surface area contributed by atoms with Gasteiger partial charge < -0.3 is 14.3 Å². The van der Waals surface area contributed by atoms with Crippen LogP contribution in [-0.2, 0) is 15.6 Å². The molecule has 0 amide bonds. The molecule has 1 aromatic heterocycles. The van der Waals surface area contributed by atoms with E-state index in [4.69, 9.17) is 9.15 Å². The van der Waals surface area contributed by atoms with Gasteiger partial charge in [-0.3, -0.25) is 0 Å². The molecule has 3 aromatic rings. The highest BCUT2D eigenvalue weighted by atomic mass is 32.2. The van der Waals surface area contributed by atoms with E-state index in [0.717, 1.165) is 17.5 Å².